The monoisotopic (exact) mass is 369 g/mol. The second-order valence-electron chi connectivity index (χ2n) is 6.34. The molecule has 140 valence electrons. The summed E-state index contributed by atoms with van der Waals surface area (Å²) in [6, 6.07) is 15.0. The number of hydrogen-bond donors (Lipinski definition) is 3. The average molecular weight is 369 g/mol. The van der Waals surface area contributed by atoms with Crippen molar-refractivity contribution in [3.8, 4) is 0 Å². The standard InChI is InChI=1S/C19H19N3O5/c20-19(17(25)26)15(16(23)24)21(11-13-7-3-1-4-8-13)18(27)22(19)12-14-9-5-2-6-10-14/h1-10,15H,11-12,20H2,(H,23,24)(H,25,26)/t15-,19-/m0/s1. The maximum absolute atomic E-state index is 13.0. The Hall–Kier alpha value is -3.39. The number of hydrogen-bond acceptors (Lipinski definition) is 4. The third-order valence-corrected chi connectivity index (χ3v) is 4.61. The fourth-order valence-corrected chi connectivity index (χ4v) is 3.27. The van der Waals surface area contributed by atoms with E-state index in [1.54, 1.807) is 60.7 Å². The first-order chi connectivity index (χ1) is 12.9. The second-order valence-corrected chi connectivity index (χ2v) is 6.34. The highest BCUT2D eigenvalue weighted by Gasteiger charge is 2.63. The van der Waals surface area contributed by atoms with Crippen LogP contribution in [-0.4, -0.2) is 49.7 Å². The number of rotatable bonds is 6. The van der Waals surface area contributed by atoms with Gasteiger partial charge in [-0.3, -0.25) is 10.6 Å². The summed E-state index contributed by atoms with van der Waals surface area (Å²) in [6.45, 7) is -0.175. The summed E-state index contributed by atoms with van der Waals surface area (Å²) >= 11 is 0. The highest BCUT2D eigenvalue weighted by atomic mass is 16.4. The Balaban J connectivity index is 2.02. The van der Waals surface area contributed by atoms with Crippen molar-refractivity contribution in [2.75, 3.05) is 0 Å². The van der Waals surface area contributed by atoms with Gasteiger partial charge in [-0.05, 0) is 11.1 Å². The Kier molecular flexibility index (Phi) is 4.83. The highest BCUT2D eigenvalue weighted by molar-refractivity contribution is 5.98. The zero-order valence-electron chi connectivity index (χ0n) is 14.4. The summed E-state index contributed by atoms with van der Waals surface area (Å²) in [5, 5.41) is 19.4. The van der Waals surface area contributed by atoms with Gasteiger partial charge in [0.05, 0.1) is 0 Å². The van der Waals surface area contributed by atoms with E-state index < -0.39 is 29.7 Å². The van der Waals surface area contributed by atoms with E-state index in [0.717, 1.165) is 9.80 Å². The number of carboxylic acid groups (broad SMARTS) is 2. The van der Waals surface area contributed by atoms with E-state index in [2.05, 4.69) is 0 Å². The molecule has 0 aromatic heterocycles. The van der Waals surface area contributed by atoms with Crippen molar-refractivity contribution in [1.82, 2.24) is 9.80 Å². The van der Waals surface area contributed by atoms with Gasteiger partial charge in [-0.1, -0.05) is 60.7 Å². The normalized spacial score (nSPS) is 22.1. The van der Waals surface area contributed by atoms with Crippen LogP contribution in [0.25, 0.3) is 0 Å². The number of benzene rings is 2. The van der Waals surface area contributed by atoms with Crippen LogP contribution in [-0.2, 0) is 22.7 Å². The van der Waals surface area contributed by atoms with E-state index in [4.69, 9.17) is 5.73 Å². The molecule has 8 nitrogen and oxygen atoms in total. The van der Waals surface area contributed by atoms with Crippen LogP contribution in [0.15, 0.2) is 60.7 Å². The lowest BCUT2D eigenvalue weighted by molar-refractivity contribution is -0.158. The smallest absolute Gasteiger partial charge is 0.347 e. The summed E-state index contributed by atoms with van der Waals surface area (Å²) in [7, 11) is 0. The summed E-state index contributed by atoms with van der Waals surface area (Å²) in [6.07, 6.45) is 0. The van der Waals surface area contributed by atoms with Crippen molar-refractivity contribution in [2.24, 2.45) is 5.73 Å². The predicted octanol–water partition coefficient (Wildman–Crippen LogP) is 1.32. The lowest BCUT2D eigenvalue weighted by atomic mass is 9.99. The number of aliphatic carboxylic acids is 2. The van der Waals surface area contributed by atoms with Gasteiger partial charge < -0.3 is 15.1 Å². The maximum atomic E-state index is 13.0. The van der Waals surface area contributed by atoms with Crippen molar-refractivity contribution < 1.29 is 24.6 Å². The van der Waals surface area contributed by atoms with Gasteiger partial charge in [0.2, 0.25) is 5.66 Å². The molecule has 2 atom stereocenters. The van der Waals surface area contributed by atoms with Crippen molar-refractivity contribution in [3.63, 3.8) is 0 Å². The SMILES string of the molecule is N[C@@]1(C(=O)O)[C@H](C(=O)O)N(Cc2ccccc2)C(=O)N1Cc1ccccc1. The van der Waals surface area contributed by atoms with E-state index in [1.807, 2.05) is 0 Å². The highest BCUT2D eigenvalue weighted by Crippen LogP contribution is 2.33. The summed E-state index contributed by atoms with van der Waals surface area (Å²) in [4.78, 5) is 38.8. The van der Waals surface area contributed by atoms with E-state index in [-0.39, 0.29) is 13.1 Å². The summed E-state index contributed by atoms with van der Waals surface area (Å²) < 4.78 is 0. The molecule has 2 aromatic rings. The zero-order chi connectivity index (χ0) is 19.6. The van der Waals surface area contributed by atoms with E-state index in [1.165, 1.54) is 0 Å². The average Bonchev–Trinajstić information content (AvgIpc) is 2.86. The fourth-order valence-electron chi connectivity index (χ4n) is 3.27. The molecule has 0 aliphatic carbocycles. The Labute approximate surface area is 155 Å². The van der Waals surface area contributed by atoms with Crippen molar-refractivity contribution in [2.45, 2.75) is 24.8 Å². The first-order valence-electron chi connectivity index (χ1n) is 8.27. The maximum Gasteiger partial charge on any atom is 0.347 e. The first kappa shape index (κ1) is 18.4. The van der Waals surface area contributed by atoms with Crippen LogP contribution in [0.4, 0.5) is 4.79 Å². The first-order valence-corrected chi connectivity index (χ1v) is 8.27. The Morgan fingerprint density at radius 1 is 0.926 bits per heavy atom. The molecule has 27 heavy (non-hydrogen) atoms. The van der Waals surface area contributed by atoms with Crippen molar-refractivity contribution >= 4 is 18.0 Å². The molecule has 0 unspecified atom stereocenters. The molecular weight excluding hydrogens is 350 g/mol. The minimum atomic E-state index is -2.40. The summed E-state index contributed by atoms with van der Waals surface area (Å²) in [5.74, 6) is -3.05. The number of carboxylic acids is 2. The van der Waals surface area contributed by atoms with Crippen molar-refractivity contribution in [1.29, 1.82) is 0 Å². The second kappa shape index (κ2) is 7.08. The molecule has 1 fully saturated rings. The summed E-state index contributed by atoms with van der Waals surface area (Å²) in [5.41, 5.74) is 4.98. The van der Waals surface area contributed by atoms with Crippen molar-refractivity contribution in [3.05, 3.63) is 71.8 Å². The minimum absolute atomic E-state index is 0.0613. The molecule has 0 saturated carbocycles. The largest absolute Gasteiger partial charge is 0.480 e. The predicted molar refractivity (Wildman–Crippen MR) is 95.3 cm³/mol. The molecule has 2 amide bonds. The lowest BCUT2D eigenvalue weighted by Crippen LogP contribution is -2.66. The number of carbonyl (C=O) groups is 3. The fraction of sp³-hybridized carbons (Fsp3) is 0.211. The number of nitrogens with zero attached hydrogens (tertiary/aromatic N) is 2. The molecule has 3 rings (SSSR count). The van der Waals surface area contributed by atoms with Gasteiger partial charge in [0.1, 0.15) is 0 Å². The van der Waals surface area contributed by atoms with Crippen LogP contribution in [0.2, 0.25) is 0 Å². The molecule has 8 heteroatoms. The molecule has 1 saturated heterocycles. The van der Waals surface area contributed by atoms with Crippen LogP contribution < -0.4 is 5.73 Å². The molecule has 1 heterocycles. The van der Waals surface area contributed by atoms with Crippen LogP contribution in [0.1, 0.15) is 11.1 Å². The minimum Gasteiger partial charge on any atom is -0.480 e. The van der Waals surface area contributed by atoms with E-state index in [0.29, 0.717) is 11.1 Å². The Morgan fingerprint density at radius 3 is 1.85 bits per heavy atom. The van der Waals surface area contributed by atoms with Crippen LogP contribution >= 0.6 is 0 Å². The Bertz CT molecular complexity index is 858. The number of nitrogens with two attached hydrogens (primary N) is 1. The molecule has 1 aliphatic rings. The molecular formula is C19H19N3O5. The number of amides is 2. The van der Waals surface area contributed by atoms with Gasteiger partial charge in [0, 0.05) is 13.1 Å². The van der Waals surface area contributed by atoms with Gasteiger partial charge in [0.15, 0.2) is 6.04 Å². The van der Waals surface area contributed by atoms with E-state index >= 15 is 0 Å². The van der Waals surface area contributed by atoms with Crippen LogP contribution in [0.3, 0.4) is 0 Å². The molecule has 0 spiro atoms. The molecule has 4 N–H and O–H groups in total. The van der Waals surface area contributed by atoms with Gasteiger partial charge in [-0.25, -0.2) is 14.4 Å². The molecule has 2 aromatic carbocycles. The van der Waals surface area contributed by atoms with Crippen LogP contribution in [0, 0.1) is 0 Å². The van der Waals surface area contributed by atoms with E-state index in [9.17, 15) is 24.6 Å². The lowest BCUT2D eigenvalue weighted by Gasteiger charge is -2.32. The number of carbonyl (C=O) groups excluding carboxylic acids is 1. The Morgan fingerprint density at radius 2 is 1.41 bits per heavy atom. The quantitative estimate of drug-likeness (QED) is 0.705. The third-order valence-electron chi connectivity index (χ3n) is 4.61. The van der Waals surface area contributed by atoms with Gasteiger partial charge >= 0.3 is 18.0 Å². The van der Waals surface area contributed by atoms with Gasteiger partial charge in [-0.2, -0.15) is 0 Å². The molecule has 0 radical (unpaired) electrons. The molecule has 1 aliphatic heterocycles. The number of urea groups is 1. The van der Waals surface area contributed by atoms with Crippen LogP contribution in [0.5, 0.6) is 0 Å². The van der Waals surface area contributed by atoms with Gasteiger partial charge in [0.25, 0.3) is 0 Å². The topological polar surface area (TPSA) is 124 Å². The molecule has 0 bridgehead atoms. The third kappa shape index (κ3) is 3.22. The zero-order valence-corrected chi connectivity index (χ0v) is 14.4. The van der Waals surface area contributed by atoms with Gasteiger partial charge in [-0.15, -0.1) is 0 Å².